The summed E-state index contributed by atoms with van der Waals surface area (Å²) >= 11 is 1.73. The predicted octanol–water partition coefficient (Wildman–Crippen LogP) is 4.48. The Bertz CT molecular complexity index is 923. The fourth-order valence-electron chi connectivity index (χ4n) is 2.61. The van der Waals surface area contributed by atoms with Crippen molar-refractivity contribution in [3.05, 3.63) is 59.3 Å². The summed E-state index contributed by atoms with van der Waals surface area (Å²) in [4.78, 5) is 11.5. The van der Waals surface area contributed by atoms with Gasteiger partial charge in [-0.1, -0.05) is 12.1 Å². The van der Waals surface area contributed by atoms with Gasteiger partial charge in [0.1, 0.15) is 17.0 Å². The van der Waals surface area contributed by atoms with Crippen molar-refractivity contribution < 1.29 is 8.83 Å². The van der Waals surface area contributed by atoms with Crippen LogP contribution in [0, 0.1) is 6.92 Å². The van der Waals surface area contributed by atoms with Crippen LogP contribution in [0.15, 0.2) is 51.7 Å². The average Bonchev–Trinajstić information content (AvgIpc) is 3.27. The Kier molecular flexibility index (Phi) is 3.92. The zero-order valence-electron chi connectivity index (χ0n) is 13.5. The molecule has 0 amide bonds. The number of thiazole rings is 1. The molecule has 0 N–H and O–H groups in total. The number of furan rings is 1. The summed E-state index contributed by atoms with van der Waals surface area (Å²) < 4.78 is 12.1. The highest BCUT2D eigenvalue weighted by molar-refractivity contribution is 7.18. The van der Waals surface area contributed by atoms with E-state index in [1.165, 1.54) is 4.70 Å². The molecule has 5 nitrogen and oxygen atoms in total. The van der Waals surface area contributed by atoms with Crippen LogP contribution in [0.1, 0.15) is 16.5 Å². The maximum Gasteiger partial charge on any atom is 0.229 e. The van der Waals surface area contributed by atoms with E-state index in [0.717, 1.165) is 34.1 Å². The van der Waals surface area contributed by atoms with Crippen LogP contribution < -0.4 is 0 Å². The molecule has 6 heteroatoms. The number of hydrogen-bond acceptors (Lipinski definition) is 6. The van der Waals surface area contributed by atoms with Crippen molar-refractivity contribution in [3.8, 4) is 11.5 Å². The number of aromatic nitrogens is 2. The van der Waals surface area contributed by atoms with Crippen molar-refractivity contribution in [1.82, 2.24) is 14.9 Å². The topological polar surface area (TPSA) is 55.3 Å². The molecule has 4 aromatic rings. The van der Waals surface area contributed by atoms with Crippen LogP contribution in [-0.2, 0) is 13.1 Å². The summed E-state index contributed by atoms with van der Waals surface area (Å²) in [5.74, 6) is 1.44. The molecule has 0 fully saturated rings. The first-order valence-corrected chi connectivity index (χ1v) is 8.52. The molecule has 24 heavy (non-hydrogen) atoms. The smallest absolute Gasteiger partial charge is 0.229 e. The molecule has 0 saturated carbocycles. The SMILES string of the molecule is Cc1oc(-c2ccoc2)nc1CN(C)Cc1nc2ccccc2s1. The van der Waals surface area contributed by atoms with E-state index in [9.17, 15) is 0 Å². The molecule has 0 unspecified atom stereocenters. The van der Waals surface area contributed by atoms with Gasteiger partial charge in [0.05, 0.1) is 34.3 Å². The van der Waals surface area contributed by atoms with Gasteiger partial charge < -0.3 is 8.83 Å². The van der Waals surface area contributed by atoms with Gasteiger partial charge in [0, 0.05) is 6.54 Å². The lowest BCUT2D eigenvalue weighted by molar-refractivity contribution is 0.313. The zero-order chi connectivity index (χ0) is 16.5. The Morgan fingerprint density at radius 3 is 2.79 bits per heavy atom. The monoisotopic (exact) mass is 339 g/mol. The molecule has 3 aromatic heterocycles. The minimum absolute atomic E-state index is 0.602. The van der Waals surface area contributed by atoms with Gasteiger partial charge in [0.2, 0.25) is 5.89 Å². The van der Waals surface area contributed by atoms with Gasteiger partial charge in [-0.3, -0.25) is 4.90 Å². The second-order valence-corrected chi connectivity index (χ2v) is 6.90. The number of aryl methyl sites for hydroxylation is 1. The predicted molar refractivity (Wildman–Crippen MR) is 93.7 cm³/mol. The van der Waals surface area contributed by atoms with Crippen molar-refractivity contribution in [2.45, 2.75) is 20.0 Å². The van der Waals surface area contributed by atoms with Gasteiger partial charge in [0.15, 0.2) is 0 Å². The van der Waals surface area contributed by atoms with E-state index in [-0.39, 0.29) is 0 Å². The lowest BCUT2D eigenvalue weighted by Crippen LogP contribution is -2.17. The van der Waals surface area contributed by atoms with Crippen molar-refractivity contribution >= 4 is 21.6 Å². The average molecular weight is 339 g/mol. The maximum atomic E-state index is 5.75. The van der Waals surface area contributed by atoms with Crippen LogP contribution in [-0.4, -0.2) is 21.9 Å². The van der Waals surface area contributed by atoms with E-state index in [1.807, 2.05) is 31.2 Å². The maximum absolute atomic E-state index is 5.75. The number of hydrogen-bond donors (Lipinski definition) is 0. The molecule has 0 radical (unpaired) electrons. The van der Waals surface area contributed by atoms with Gasteiger partial charge in [-0.25, -0.2) is 9.97 Å². The zero-order valence-corrected chi connectivity index (χ0v) is 14.3. The third-order valence-electron chi connectivity index (χ3n) is 3.82. The van der Waals surface area contributed by atoms with Crippen molar-refractivity contribution in [2.75, 3.05) is 7.05 Å². The Morgan fingerprint density at radius 2 is 2.00 bits per heavy atom. The van der Waals surface area contributed by atoms with Gasteiger partial charge >= 0.3 is 0 Å². The summed E-state index contributed by atoms with van der Waals surface area (Å²) in [6.45, 7) is 3.44. The third-order valence-corrected chi connectivity index (χ3v) is 4.84. The van der Waals surface area contributed by atoms with E-state index in [0.29, 0.717) is 12.4 Å². The Balaban J connectivity index is 1.48. The number of fused-ring (bicyclic) bond motifs is 1. The first kappa shape index (κ1) is 15.1. The van der Waals surface area contributed by atoms with Crippen LogP contribution in [0.3, 0.4) is 0 Å². The Morgan fingerprint density at radius 1 is 1.12 bits per heavy atom. The van der Waals surface area contributed by atoms with Gasteiger partial charge in [-0.05, 0) is 32.2 Å². The van der Waals surface area contributed by atoms with Crippen LogP contribution in [0.2, 0.25) is 0 Å². The molecule has 0 saturated heterocycles. The van der Waals surface area contributed by atoms with E-state index in [4.69, 9.17) is 8.83 Å². The van der Waals surface area contributed by atoms with Crippen molar-refractivity contribution in [3.63, 3.8) is 0 Å². The summed E-state index contributed by atoms with van der Waals surface area (Å²) in [6.07, 6.45) is 3.26. The number of oxazole rings is 1. The summed E-state index contributed by atoms with van der Waals surface area (Å²) in [7, 11) is 2.07. The Labute approximate surface area is 143 Å². The van der Waals surface area contributed by atoms with Crippen molar-refractivity contribution in [2.24, 2.45) is 0 Å². The lowest BCUT2D eigenvalue weighted by atomic mass is 10.3. The summed E-state index contributed by atoms with van der Waals surface area (Å²) in [5, 5.41) is 1.11. The summed E-state index contributed by atoms with van der Waals surface area (Å²) in [6, 6.07) is 10.1. The fourth-order valence-corrected chi connectivity index (χ4v) is 3.66. The van der Waals surface area contributed by atoms with E-state index < -0.39 is 0 Å². The molecule has 0 aliphatic carbocycles. The second kappa shape index (κ2) is 6.22. The van der Waals surface area contributed by atoms with Gasteiger partial charge in [-0.2, -0.15) is 0 Å². The van der Waals surface area contributed by atoms with Crippen LogP contribution in [0.5, 0.6) is 0 Å². The van der Waals surface area contributed by atoms with E-state index in [1.54, 1.807) is 23.9 Å². The second-order valence-electron chi connectivity index (χ2n) is 5.78. The first-order valence-electron chi connectivity index (χ1n) is 7.71. The number of rotatable bonds is 5. The molecule has 0 aliphatic heterocycles. The molecule has 0 spiro atoms. The number of nitrogens with zero attached hydrogens (tertiary/aromatic N) is 3. The highest BCUT2D eigenvalue weighted by Crippen LogP contribution is 2.25. The van der Waals surface area contributed by atoms with E-state index >= 15 is 0 Å². The van der Waals surface area contributed by atoms with Crippen LogP contribution >= 0.6 is 11.3 Å². The molecular weight excluding hydrogens is 322 g/mol. The van der Waals surface area contributed by atoms with E-state index in [2.05, 4.69) is 28.0 Å². The molecule has 1 aromatic carbocycles. The first-order chi connectivity index (χ1) is 11.7. The molecule has 4 rings (SSSR count). The molecule has 122 valence electrons. The minimum Gasteiger partial charge on any atom is -0.472 e. The molecule has 0 bridgehead atoms. The quantitative estimate of drug-likeness (QED) is 0.536. The summed E-state index contributed by atoms with van der Waals surface area (Å²) in [5.41, 5.74) is 2.86. The van der Waals surface area contributed by atoms with Gasteiger partial charge in [0.25, 0.3) is 0 Å². The van der Waals surface area contributed by atoms with Crippen molar-refractivity contribution in [1.29, 1.82) is 0 Å². The largest absolute Gasteiger partial charge is 0.472 e. The van der Waals surface area contributed by atoms with Crippen LogP contribution in [0.4, 0.5) is 0 Å². The molecule has 3 heterocycles. The Hall–Kier alpha value is -2.44. The lowest BCUT2D eigenvalue weighted by Gasteiger charge is -2.13. The highest BCUT2D eigenvalue weighted by Gasteiger charge is 2.15. The fraction of sp³-hybridized carbons (Fsp3) is 0.222. The molecular formula is C18H17N3O2S. The van der Waals surface area contributed by atoms with Crippen LogP contribution in [0.25, 0.3) is 21.7 Å². The number of benzene rings is 1. The minimum atomic E-state index is 0.602. The third kappa shape index (κ3) is 2.98. The van der Waals surface area contributed by atoms with Gasteiger partial charge in [-0.15, -0.1) is 11.3 Å². The normalized spacial score (nSPS) is 11.6. The highest BCUT2D eigenvalue weighted by atomic mass is 32.1. The number of para-hydroxylation sites is 1. The standard InChI is InChI=1S/C18H17N3O2S/c1-12-15(20-18(23-12)13-7-8-22-11-13)9-21(2)10-17-19-14-5-3-4-6-16(14)24-17/h3-8,11H,9-10H2,1-2H3. The molecule has 0 atom stereocenters. The molecule has 0 aliphatic rings.